The van der Waals surface area contributed by atoms with Gasteiger partial charge >= 0.3 is 0 Å². The lowest BCUT2D eigenvalue weighted by atomic mass is 10.1. The molecule has 5 nitrogen and oxygen atoms in total. The Balaban J connectivity index is 1.94. The summed E-state index contributed by atoms with van der Waals surface area (Å²) in [7, 11) is 0. The van der Waals surface area contributed by atoms with Gasteiger partial charge in [0.2, 0.25) is 5.91 Å². The summed E-state index contributed by atoms with van der Waals surface area (Å²) >= 11 is 0. The third kappa shape index (κ3) is 13.7. The molecule has 1 aromatic rings. The van der Waals surface area contributed by atoms with Gasteiger partial charge < -0.3 is 4.74 Å². The first-order valence-electron chi connectivity index (χ1n) is 11.4. The largest absolute Gasteiger partial charge is 0.484 e. The molecule has 0 spiro atoms. The second-order valence-corrected chi connectivity index (χ2v) is 7.67. The van der Waals surface area contributed by atoms with Crippen LogP contribution in [0, 0.1) is 0 Å². The maximum Gasteiger partial charge on any atom is 0.276 e. The van der Waals surface area contributed by atoms with Crippen molar-refractivity contribution in [3.05, 3.63) is 29.8 Å². The maximum absolute atomic E-state index is 11.8. The van der Waals surface area contributed by atoms with Crippen LogP contribution in [0.2, 0.25) is 0 Å². The number of nitrogens with one attached hydrogen (secondary N) is 2. The Morgan fingerprint density at radius 2 is 1.24 bits per heavy atom. The van der Waals surface area contributed by atoms with Crippen LogP contribution in [0.1, 0.15) is 96.5 Å². The first-order valence-corrected chi connectivity index (χ1v) is 11.4. The second-order valence-electron chi connectivity index (χ2n) is 7.67. The van der Waals surface area contributed by atoms with Gasteiger partial charge in [-0.05, 0) is 30.5 Å². The molecule has 0 radical (unpaired) electrons. The van der Waals surface area contributed by atoms with Crippen molar-refractivity contribution in [2.24, 2.45) is 0 Å². The molecule has 0 atom stereocenters. The van der Waals surface area contributed by atoms with Crippen molar-refractivity contribution in [1.29, 1.82) is 0 Å². The van der Waals surface area contributed by atoms with Crippen LogP contribution >= 0.6 is 0 Å². The molecule has 5 heteroatoms. The third-order valence-electron chi connectivity index (χ3n) is 5.05. The average Bonchev–Trinajstić information content (AvgIpc) is 2.75. The first-order chi connectivity index (χ1) is 14.2. The minimum Gasteiger partial charge on any atom is -0.484 e. The van der Waals surface area contributed by atoms with Crippen molar-refractivity contribution in [1.82, 2.24) is 10.9 Å². The molecule has 1 rings (SSSR count). The van der Waals surface area contributed by atoms with Crippen LogP contribution in [0.25, 0.3) is 0 Å². The molecule has 29 heavy (non-hydrogen) atoms. The van der Waals surface area contributed by atoms with E-state index in [0.717, 1.165) is 19.3 Å². The van der Waals surface area contributed by atoms with Crippen LogP contribution in [0.5, 0.6) is 5.75 Å². The van der Waals surface area contributed by atoms with E-state index in [1.54, 1.807) is 0 Å². The molecular formula is C24H40N2O3. The molecular weight excluding hydrogens is 364 g/mol. The van der Waals surface area contributed by atoms with Crippen molar-refractivity contribution >= 4 is 11.8 Å². The smallest absolute Gasteiger partial charge is 0.276 e. The van der Waals surface area contributed by atoms with E-state index in [-0.39, 0.29) is 18.4 Å². The van der Waals surface area contributed by atoms with Crippen molar-refractivity contribution in [3.8, 4) is 5.75 Å². The molecule has 164 valence electrons. The highest BCUT2D eigenvalue weighted by Crippen LogP contribution is 2.13. The van der Waals surface area contributed by atoms with Gasteiger partial charge in [0, 0.05) is 6.42 Å². The van der Waals surface area contributed by atoms with E-state index < -0.39 is 0 Å². The molecule has 0 unspecified atom stereocenters. The monoisotopic (exact) mass is 404 g/mol. The highest BCUT2D eigenvalue weighted by atomic mass is 16.5. The number of aryl methyl sites for hydroxylation is 1. The summed E-state index contributed by atoms with van der Waals surface area (Å²) in [6.45, 7) is 4.21. The predicted octanol–water partition coefficient (Wildman–Crippen LogP) is 5.48. The topological polar surface area (TPSA) is 67.4 Å². The third-order valence-corrected chi connectivity index (χ3v) is 5.05. The number of hydrogen-bond donors (Lipinski definition) is 2. The Hall–Kier alpha value is -2.04. The second kappa shape index (κ2) is 16.9. The summed E-state index contributed by atoms with van der Waals surface area (Å²) in [4.78, 5) is 23.5. The molecule has 0 saturated carbocycles. The number of benzene rings is 1. The van der Waals surface area contributed by atoms with Crippen LogP contribution in [-0.4, -0.2) is 18.4 Å². The summed E-state index contributed by atoms with van der Waals surface area (Å²) in [6.07, 6.45) is 15.2. The van der Waals surface area contributed by atoms with Crippen LogP contribution in [0.3, 0.4) is 0 Å². The normalized spacial score (nSPS) is 10.6. The summed E-state index contributed by atoms with van der Waals surface area (Å²) in [5, 5.41) is 0. The first kappa shape index (κ1) is 25.0. The van der Waals surface area contributed by atoms with Gasteiger partial charge in [-0.2, -0.15) is 0 Å². The Kier molecular flexibility index (Phi) is 14.5. The van der Waals surface area contributed by atoms with Crippen LogP contribution in [0.4, 0.5) is 0 Å². The number of carbonyl (C=O) groups excluding carboxylic acids is 2. The lowest BCUT2D eigenvalue weighted by Crippen LogP contribution is -2.43. The molecule has 0 aliphatic carbocycles. The number of hydrogen-bond acceptors (Lipinski definition) is 3. The molecule has 0 aromatic heterocycles. The molecule has 0 fully saturated rings. The molecule has 0 saturated heterocycles. The van der Waals surface area contributed by atoms with Crippen molar-refractivity contribution in [2.45, 2.75) is 97.3 Å². The van der Waals surface area contributed by atoms with Gasteiger partial charge in [0.05, 0.1) is 0 Å². The Morgan fingerprint density at radius 1 is 0.724 bits per heavy atom. The SMILES string of the molecule is CCCCCCCCCCCCCC(=O)NNC(=O)COc1ccc(CC)cc1. The quantitative estimate of drug-likeness (QED) is 0.283. The number of rotatable bonds is 16. The minimum atomic E-state index is -0.364. The zero-order valence-corrected chi connectivity index (χ0v) is 18.4. The number of ether oxygens (including phenoxy) is 1. The van der Waals surface area contributed by atoms with E-state index in [1.807, 2.05) is 24.3 Å². The van der Waals surface area contributed by atoms with Gasteiger partial charge in [-0.3, -0.25) is 20.4 Å². The van der Waals surface area contributed by atoms with Crippen molar-refractivity contribution in [2.75, 3.05) is 6.61 Å². The zero-order valence-electron chi connectivity index (χ0n) is 18.4. The van der Waals surface area contributed by atoms with E-state index in [2.05, 4.69) is 24.7 Å². The van der Waals surface area contributed by atoms with Crippen LogP contribution in [-0.2, 0) is 16.0 Å². The van der Waals surface area contributed by atoms with Gasteiger partial charge in [0.25, 0.3) is 5.91 Å². The van der Waals surface area contributed by atoms with E-state index in [4.69, 9.17) is 4.74 Å². The number of carbonyl (C=O) groups is 2. The Morgan fingerprint density at radius 3 is 1.79 bits per heavy atom. The summed E-state index contributed by atoms with van der Waals surface area (Å²) in [6, 6.07) is 7.64. The fourth-order valence-electron chi connectivity index (χ4n) is 3.16. The molecule has 2 amide bonds. The number of amides is 2. The molecule has 0 aliphatic rings. The van der Waals surface area contributed by atoms with Crippen LogP contribution in [0.15, 0.2) is 24.3 Å². The van der Waals surface area contributed by atoms with E-state index >= 15 is 0 Å². The Labute approximate surface area is 177 Å². The summed E-state index contributed by atoms with van der Waals surface area (Å²) < 4.78 is 5.41. The number of unbranched alkanes of at least 4 members (excludes halogenated alkanes) is 10. The average molecular weight is 405 g/mol. The van der Waals surface area contributed by atoms with E-state index in [1.165, 1.54) is 63.4 Å². The van der Waals surface area contributed by atoms with E-state index in [9.17, 15) is 9.59 Å². The molecule has 2 N–H and O–H groups in total. The minimum absolute atomic E-state index is 0.121. The van der Waals surface area contributed by atoms with Crippen molar-refractivity contribution < 1.29 is 14.3 Å². The molecule has 1 aromatic carbocycles. The molecule has 0 aliphatic heterocycles. The zero-order chi connectivity index (χ0) is 21.2. The summed E-state index contributed by atoms with van der Waals surface area (Å²) in [5.41, 5.74) is 6.07. The Bertz CT molecular complexity index is 558. The van der Waals surface area contributed by atoms with Crippen molar-refractivity contribution in [3.63, 3.8) is 0 Å². The van der Waals surface area contributed by atoms with Gasteiger partial charge in [0.1, 0.15) is 5.75 Å². The van der Waals surface area contributed by atoms with Crippen LogP contribution < -0.4 is 15.6 Å². The fraction of sp³-hybridized carbons (Fsp3) is 0.667. The fourth-order valence-corrected chi connectivity index (χ4v) is 3.16. The van der Waals surface area contributed by atoms with Gasteiger partial charge in [-0.1, -0.05) is 90.2 Å². The molecule has 0 bridgehead atoms. The lowest BCUT2D eigenvalue weighted by Gasteiger charge is -2.09. The highest BCUT2D eigenvalue weighted by molar-refractivity contribution is 5.82. The lowest BCUT2D eigenvalue weighted by molar-refractivity contribution is -0.130. The standard InChI is InChI=1S/C24H40N2O3/c1-3-5-6-7-8-9-10-11-12-13-14-15-23(27)25-26-24(28)20-29-22-18-16-21(4-2)17-19-22/h16-19H,3-15,20H2,1-2H3,(H,25,27)(H,26,28). The van der Waals surface area contributed by atoms with Gasteiger partial charge in [0.15, 0.2) is 6.61 Å². The highest BCUT2D eigenvalue weighted by Gasteiger charge is 2.06. The van der Waals surface area contributed by atoms with Gasteiger partial charge in [-0.25, -0.2) is 0 Å². The van der Waals surface area contributed by atoms with E-state index in [0.29, 0.717) is 12.2 Å². The number of hydrazine groups is 1. The predicted molar refractivity (Wildman–Crippen MR) is 119 cm³/mol. The van der Waals surface area contributed by atoms with Gasteiger partial charge in [-0.15, -0.1) is 0 Å². The molecule has 0 heterocycles. The maximum atomic E-state index is 11.8. The summed E-state index contributed by atoms with van der Waals surface area (Å²) in [5.74, 6) is 0.128.